The van der Waals surface area contributed by atoms with Crippen LogP contribution in [-0.2, 0) is 19.4 Å². The van der Waals surface area contributed by atoms with E-state index in [1.54, 1.807) is 24.3 Å². The van der Waals surface area contributed by atoms with E-state index in [1.807, 2.05) is 35.0 Å². The molecule has 0 radical (unpaired) electrons. The first-order valence-electron chi connectivity index (χ1n) is 8.44. The number of rotatable bonds is 4. The monoisotopic (exact) mass is 333 g/mol. The minimum atomic E-state index is -0.152. The van der Waals surface area contributed by atoms with Gasteiger partial charge < -0.3 is 10.4 Å². The van der Waals surface area contributed by atoms with Crippen molar-refractivity contribution in [3.05, 3.63) is 77.1 Å². The van der Waals surface area contributed by atoms with Crippen LogP contribution in [-0.4, -0.2) is 20.8 Å². The number of nitrogens with one attached hydrogen (secondary N) is 1. The summed E-state index contributed by atoms with van der Waals surface area (Å²) in [5.74, 6) is 0.0652. The maximum Gasteiger partial charge on any atom is 0.272 e. The van der Waals surface area contributed by atoms with E-state index in [4.69, 9.17) is 0 Å². The van der Waals surface area contributed by atoms with Crippen LogP contribution in [0.5, 0.6) is 5.75 Å². The standard InChI is InChI=1S/C20H19N3O2/c24-16-11-9-14(10-12-16)13-21-20(25)19-17-7-4-8-18(17)23(22-19)15-5-2-1-3-6-15/h1-3,5-6,9-12,24H,4,7-8,13H2,(H,21,25). The predicted molar refractivity (Wildman–Crippen MR) is 94.9 cm³/mol. The van der Waals surface area contributed by atoms with Gasteiger partial charge in [-0.1, -0.05) is 30.3 Å². The van der Waals surface area contributed by atoms with Gasteiger partial charge in [0.1, 0.15) is 5.75 Å². The number of nitrogens with zero attached hydrogens (tertiary/aromatic N) is 2. The zero-order valence-electron chi connectivity index (χ0n) is 13.8. The van der Waals surface area contributed by atoms with E-state index in [2.05, 4.69) is 10.4 Å². The molecule has 1 aliphatic rings. The average molecular weight is 333 g/mol. The Morgan fingerprint density at radius 3 is 2.60 bits per heavy atom. The zero-order valence-corrected chi connectivity index (χ0v) is 13.8. The molecular weight excluding hydrogens is 314 g/mol. The Labute approximate surface area is 145 Å². The third-order valence-corrected chi connectivity index (χ3v) is 4.54. The minimum Gasteiger partial charge on any atom is -0.508 e. The molecule has 0 spiro atoms. The number of carbonyl (C=O) groups excluding carboxylic acids is 1. The van der Waals surface area contributed by atoms with Crippen molar-refractivity contribution >= 4 is 5.91 Å². The predicted octanol–water partition coefficient (Wildman–Crippen LogP) is 3.00. The Morgan fingerprint density at radius 2 is 1.84 bits per heavy atom. The molecule has 5 nitrogen and oxygen atoms in total. The van der Waals surface area contributed by atoms with Gasteiger partial charge in [0, 0.05) is 17.8 Å². The fourth-order valence-corrected chi connectivity index (χ4v) is 3.28. The lowest BCUT2D eigenvalue weighted by Gasteiger charge is -2.05. The van der Waals surface area contributed by atoms with Crippen molar-refractivity contribution in [2.45, 2.75) is 25.8 Å². The van der Waals surface area contributed by atoms with Crippen LogP contribution < -0.4 is 5.32 Å². The van der Waals surface area contributed by atoms with E-state index < -0.39 is 0 Å². The van der Waals surface area contributed by atoms with Gasteiger partial charge in [-0.05, 0) is 49.1 Å². The number of amides is 1. The van der Waals surface area contributed by atoms with Crippen LogP contribution in [0.4, 0.5) is 0 Å². The molecule has 0 unspecified atom stereocenters. The van der Waals surface area contributed by atoms with E-state index in [0.29, 0.717) is 12.2 Å². The molecule has 5 heteroatoms. The fourth-order valence-electron chi connectivity index (χ4n) is 3.28. The number of carbonyl (C=O) groups is 1. The van der Waals surface area contributed by atoms with Crippen LogP contribution in [0, 0.1) is 0 Å². The second-order valence-corrected chi connectivity index (χ2v) is 6.22. The average Bonchev–Trinajstić information content (AvgIpc) is 3.24. The van der Waals surface area contributed by atoms with Gasteiger partial charge in [0.15, 0.2) is 5.69 Å². The maximum absolute atomic E-state index is 12.7. The number of benzene rings is 2. The van der Waals surface area contributed by atoms with E-state index in [-0.39, 0.29) is 11.7 Å². The number of para-hydroxylation sites is 1. The molecular formula is C20H19N3O2. The molecule has 0 aliphatic heterocycles. The van der Waals surface area contributed by atoms with Crippen molar-refractivity contribution in [1.29, 1.82) is 0 Å². The summed E-state index contributed by atoms with van der Waals surface area (Å²) in [6.45, 7) is 0.409. The Balaban J connectivity index is 1.58. The molecule has 0 atom stereocenters. The molecule has 25 heavy (non-hydrogen) atoms. The zero-order chi connectivity index (χ0) is 17.2. The summed E-state index contributed by atoms with van der Waals surface area (Å²) in [5, 5.41) is 16.9. The highest BCUT2D eigenvalue weighted by atomic mass is 16.3. The van der Waals surface area contributed by atoms with E-state index >= 15 is 0 Å². The number of aromatic hydroxyl groups is 1. The third kappa shape index (κ3) is 3.01. The lowest BCUT2D eigenvalue weighted by molar-refractivity contribution is 0.0944. The van der Waals surface area contributed by atoms with Crippen LogP contribution in [0.3, 0.4) is 0 Å². The Kier molecular flexibility index (Phi) is 3.98. The van der Waals surface area contributed by atoms with Crippen LogP contribution in [0.25, 0.3) is 5.69 Å². The fraction of sp³-hybridized carbons (Fsp3) is 0.200. The molecule has 2 N–H and O–H groups in total. The summed E-state index contributed by atoms with van der Waals surface area (Å²) in [6, 6.07) is 16.7. The molecule has 2 aromatic carbocycles. The van der Waals surface area contributed by atoms with Crippen molar-refractivity contribution in [3.63, 3.8) is 0 Å². The van der Waals surface area contributed by atoms with Crippen molar-refractivity contribution in [1.82, 2.24) is 15.1 Å². The summed E-state index contributed by atoms with van der Waals surface area (Å²) in [4.78, 5) is 12.7. The smallest absolute Gasteiger partial charge is 0.272 e. The molecule has 0 saturated carbocycles. The first-order chi connectivity index (χ1) is 12.2. The molecule has 1 aromatic heterocycles. The van der Waals surface area contributed by atoms with Gasteiger partial charge in [0.2, 0.25) is 0 Å². The van der Waals surface area contributed by atoms with Crippen molar-refractivity contribution in [2.75, 3.05) is 0 Å². The summed E-state index contributed by atoms with van der Waals surface area (Å²) < 4.78 is 1.90. The highest BCUT2D eigenvalue weighted by molar-refractivity contribution is 5.94. The topological polar surface area (TPSA) is 67.2 Å². The molecule has 1 heterocycles. The molecule has 3 aromatic rings. The summed E-state index contributed by atoms with van der Waals surface area (Å²) in [7, 11) is 0. The highest BCUT2D eigenvalue weighted by Crippen LogP contribution is 2.27. The summed E-state index contributed by atoms with van der Waals surface area (Å²) in [5.41, 5.74) is 4.65. The molecule has 0 saturated heterocycles. The minimum absolute atomic E-state index is 0.152. The summed E-state index contributed by atoms with van der Waals surface area (Å²) >= 11 is 0. The van der Waals surface area contributed by atoms with Gasteiger partial charge in [0.05, 0.1) is 5.69 Å². The quantitative estimate of drug-likeness (QED) is 0.771. The Morgan fingerprint density at radius 1 is 1.08 bits per heavy atom. The van der Waals surface area contributed by atoms with Crippen LogP contribution in [0.1, 0.15) is 33.7 Å². The van der Waals surface area contributed by atoms with Gasteiger partial charge in [-0.2, -0.15) is 5.10 Å². The van der Waals surface area contributed by atoms with Crippen molar-refractivity contribution < 1.29 is 9.90 Å². The van der Waals surface area contributed by atoms with Crippen molar-refractivity contribution in [3.8, 4) is 11.4 Å². The SMILES string of the molecule is O=C(NCc1ccc(O)cc1)c1nn(-c2ccccc2)c2c1CCC2. The molecule has 0 bridgehead atoms. The second kappa shape index (κ2) is 6.43. The van der Waals surface area contributed by atoms with E-state index in [1.165, 1.54) is 0 Å². The van der Waals surface area contributed by atoms with Crippen LogP contribution >= 0.6 is 0 Å². The van der Waals surface area contributed by atoms with Crippen LogP contribution in [0.2, 0.25) is 0 Å². The van der Waals surface area contributed by atoms with E-state index in [9.17, 15) is 9.90 Å². The number of hydrogen-bond donors (Lipinski definition) is 2. The number of phenols is 1. The van der Waals surface area contributed by atoms with Gasteiger partial charge >= 0.3 is 0 Å². The molecule has 126 valence electrons. The lowest BCUT2D eigenvalue weighted by atomic mass is 10.1. The largest absolute Gasteiger partial charge is 0.508 e. The number of fused-ring (bicyclic) bond motifs is 1. The molecule has 0 fully saturated rings. The first-order valence-corrected chi connectivity index (χ1v) is 8.44. The van der Waals surface area contributed by atoms with Crippen LogP contribution in [0.15, 0.2) is 54.6 Å². The van der Waals surface area contributed by atoms with Gasteiger partial charge in [-0.25, -0.2) is 4.68 Å². The number of aromatic nitrogens is 2. The normalized spacial score (nSPS) is 12.8. The molecule has 1 amide bonds. The maximum atomic E-state index is 12.7. The summed E-state index contributed by atoms with van der Waals surface area (Å²) in [6.07, 6.45) is 2.89. The highest BCUT2D eigenvalue weighted by Gasteiger charge is 2.26. The van der Waals surface area contributed by atoms with Gasteiger partial charge in [-0.15, -0.1) is 0 Å². The third-order valence-electron chi connectivity index (χ3n) is 4.54. The van der Waals surface area contributed by atoms with Crippen molar-refractivity contribution in [2.24, 2.45) is 0 Å². The van der Waals surface area contributed by atoms with E-state index in [0.717, 1.165) is 41.8 Å². The molecule has 4 rings (SSSR count). The van der Waals surface area contributed by atoms with Gasteiger partial charge in [0.25, 0.3) is 5.91 Å². The Hall–Kier alpha value is -3.08. The molecule has 1 aliphatic carbocycles. The second-order valence-electron chi connectivity index (χ2n) is 6.22. The number of phenolic OH excluding ortho intramolecular Hbond substituents is 1. The Bertz CT molecular complexity index is 899. The number of hydrogen-bond acceptors (Lipinski definition) is 3. The first kappa shape index (κ1) is 15.4. The van der Waals surface area contributed by atoms with Gasteiger partial charge in [-0.3, -0.25) is 4.79 Å². The lowest BCUT2D eigenvalue weighted by Crippen LogP contribution is -2.24.